The molecule has 0 unspecified atom stereocenters. The average Bonchev–Trinajstić information content (AvgIpc) is 2.33. The van der Waals surface area contributed by atoms with Gasteiger partial charge >= 0.3 is 0 Å². The Bertz CT molecular complexity index is 291. The zero-order valence-corrected chi connectivity index (χ0v) is 6.10. The molecule has 2 heteroatoms. The van der Waals surface area contributed by atoms with Crippen LogP contribution in [0.5, 0.6) is 0 Å². The molecule has 1 aliphatic rings. The van der Waals surface area contributed by atoms with Gasteiger partial charge in [-0.3, -0.25) is 0 Å². The highest BCUT2D eigenvalue weighted by atomic mass is 35.5. The molecule has 0 bridgehead atoms. The lowest BCUT2D eigenvalue weighted by molar-refractivity contribution is 1.13. The number of allylic oxidation sites excluding steroid dienone is 1. The second kappa shape index (κ2) is 2.10. The Kier molecular flexibility index (Phi) is 1.24. The standard InChI is InChI=1S/C8H6ClN/c9-8-5-4-6-2-1-3-7(6)10-8/h1-2,4-5H,3H2. The van der Waals surface area contributed by atoms with Gasteiger partial charge in [0, 0.05) is 6.42 Å². The molecular formula is C8H6ClN. The molecular weight excluding hydrogens is 146 g/mol. The Balaban J connectivity index is 2.59. The largest absolute Gasteiger partial charge is 0.240 e. The van der Waals surface area contributed by atoms with Crippen molar-refractivity contribution < 1.29 is 0 Å². The van der Waals surface area contributed by atoms with Crippen LogP contribution in [0.2, 0.25) is 5.15 Å². The van der Waals surface area contributed by atoms with Gasteiger partial charge in [-0.25, -0.2) is 4.98 Å². The van der Waals surface area contributed by atoms with Gasteiger partial charge in [-0.1, -0.05) is 29.8 Å². The Morgan fingerprint density at radius 1 is 1.40 bits per heavy atom. The van der Waals surface area contributed by atoms with Crippen LogP contribution in [0, 0.1) is 0 Å². The molecule has 1 nitrogen and oxygen atoms in total. The van der Waals surface area contributed by atoms with E-state index in [1.165, 1.54) is 5.56 Å². The molecule has 2 rings (SSSR count). The molecule has 1 aromatic heterocycles. The number of fused-ring (bicyclic) bond motifs is 1. The predicted octanol–water partition coefficient (Wildman–Crippen LogP) is 2.30. The highest BCUT2D eigenvalue weighted by Crippen LogP contribution is 2.18. The van der Waals surface area contributed by atoms with Crippen LogP contribution in [0.25, 0.3) is 6.08 Å². The Labute approximate surface area is 64.4 Å². The third-order valence-corrected chi connectivity index (χ3v) is 1.79. The molecule has 0 fully saturated rings. The van der Waals surface area contributed by atoms with Gasteiger partial charge in [0.1, 0.15) is 5.15 Å². The van der Waals surface area contributed by atoms with Crippen LogP contribution in [0.15, 0.2) is 18.2 Å². The fourth-order valence-corrected chi connectivity index (χ4v) is 1.26. The monoisotopic (exact) mass is 151 g/mol. The molecule has 50 valence electrons. The van der Waals surface area contributed by atoms with E-state index in [2.05, 4.69) is 17.1 Å². The summed E-state index contributed by atoms with van der Waals surface area (Å²) in [6, 6.07) is 3.81. The van der Waals surface area contributed by atoms with Gasteiger partial charge in [0.25, 0.3) is 0 Å². The maximum Gasteiger partial charge on any atom is 0.129 e. The van der Waals surface area contributed by atoms with Gasteiger partial charge < -0.3 is 0 Å². The van der Waals surface area contributed by atoms with Crippen molar-refractivity contribution >= 4 is 17.7 Å². The average molecular weight is 152 g/mol. The second-order valence-electron chi connectivity index (χ2n) is 2.28. The van der Waals surface area contributed by atoms with Crippen molar-refractivity contribution in [3.63, 3.8) is 0 Å². The maximum absolute atomic E-state index is 5.68. The van der Waals surface area contributed by atoms with E-state index in [0.29, 0.717) is 5.15 Å². The molecule has 1 aromatic rings. The normalized spacial score (nSPS) is 13.7. The molecule has 0 atom stereocenters. The van der Waals surface area contributed by atoms with Crippen molar-refractivity contribution in [1.82, 2.24) is 4.98 Å². The number of hydrogen-bond acceptors (Lipinski definition) is 1. The van der Waals surface area contributed by atoms with Gasteiger partial charge in [-0.2, -0.15) is 0 Å². The smallest absolute Gasteiger partial charge is 0.129 e. The van der Waals surface area contributed by atoms with E-state index in [1.807, 2.05) is 12.1 Å². The van der Waals surface area contributed by atoms with Crippen molar-refractivity contribution in [2.75, 3.05) is 0 Å². The van der Waals surface area contributed by atoms with Crippen LogP contribution < -0.4 is 0 Å². The first-order valence-corrected chi connectivity index (χ1v) is 3.56. The van der Waals surface area contributed by atoms with Crippen LogP contribution in [0.4, 0.5) is 0 Å². The number of pyridine rings is 1. The quantitative estimate of drug-likeness (QED) is 0.519. The zero-order valence-electron chi connectivity index (χ0n) is 5.34. The van der Waals surface area contributed by atoms with Gasteiger partial charge in [0.15, 0.2) is 0 Å². The van der Waals surface area contributed by atoms with E-state index in [0.717, 1.165) is 12.1 Å². The third-order valence-electron chi connectivity index (χ3n) is 1.58. The van der Waals surface area contributed by atoms with Crippen LogP contribution >= 0.6 is 11.6 Å². The molecule has 10 heavy (non-hydrogen) atoms. The number of nitrogens with zero attached hydrogens (tertiary/aromatic N) is 1. The summed E-state index contributed by atoms with van der Waals surface area (Å²) >= 11 is 5.68. The van der Waals surface area contributed by atoms with Crippen LogP contribution in [-0.2, 0) is 6.42 Å². The Morgan fingerprint density at radius 2 is 2.30 bits per heavy atom. The lowest BCUT2D eigenvalue weighted by atomic mass is 10.2. The Hall–Kier alpha value is -0.820. The third kappa shape index (κ3) is 0.830. The van der Waals surface area contributed by atoms with E-state index in [-0.39, 0.29) is 0 Å². The number of rotatable bonds is 0. The van der Waals surface area contributed by atoms with Crippen LogP contribution in [-0.4, -0.2) is 4.98 Å². The molecule has 0 saturated heterocycles. The molecule has 0 aliphatic heterocycles. The van der Waals surface area contributed by atoms with Gasteiger partial charge in [-0.15, -0.1) is 0 Å². The molecule has 0 aromatic carbocycles. The summed E-state index contributed by atoms with van der Waals surface area (Å²) < 4.78 is 0. The van der Waals surface area contributed by atoms with Crippen molar-refractivity contribution in [1.29, 1.82) is 0 Å². The molecule has 1 aliphatic carbocycles. The second-order valence-corrected chi connectivity index (χ2v) is 2.66. The van der Waals surface area contributed by atoms with Crippen molar-refractivity contribution in [3.05, 3.63) is 34.6 Å². The van der Waals surface area contributed by atoms with E-state index in [4.69, 9.17) is 11.6 Å². The van der Waals surface area contributed by atoms with E-state index < -0.39 is 0 Å². The fourth-order valence-electron chi connectivity index (χ4n) is 1.10. The van der Waals surface area contributed by atoms with Crippen LogP contribution in [0.3, 0.4) is 0 Å². The molecule has 0 saturated carbocycles. The lowest BCUT2D eigenvalue weighted by Crippen LogP contribution is -1.86. The summed E-state index contributed by atoms with van der Waals surface area (Å²) in [6.45, 7) is 0. The predicted molar refractivity (Wildman–Crippen MR) is 42.0 cm³/mol. The lowest BCUT2D eigenvalue weighted by Gasteiger charge is -1.95. The fraction of sp³-hybridized carbons (Fsp3) is 0.125. The number of aromatic nitrogens is 1. The van der Waals surface area contributed by atoms with Crippen LogP contribution in [0.1, 0.15) is 11.3 Å². The van der Waals surface area contributed by atoms with Gasteiger partial charge in [-0.05, 0) is 11.6 Å². The highest BCUT2D eigenvalue weighted by Gasteiger charge is 2.05. The van der Waals surface area contributed by atoms with Gasteiger partial charge in [0.2, 0.25) is 0 Å². The molecule has 0 N–H and O–H groups in total. The van der Waals surface area contributed by atoms with E-state index in [1.54, 1.807) is 0 Å². The number of hydrogen-bond donors (Lipinski definition) is 0. The summed E-state index contributed by atoms with van der Waals surface area (Å²) in [6.07, 6.45) is 5.09. The van der Waals surface area contributed by atoms with Crippen molar-refractivity contribution in [2.24, 2.45) is 0 Å². The first-order valence-electron chi connectivity index (χ1n) is 3.18. The molecule has 1 heterocycles. The van der Waals surface area contributed by atoms with Crippen molar-refractivity contribution in [2.45, 2.75) is 6.42 Å². The minimum Gasteiger partial charge on any atom is -0.240 e. The minimum absolute atomic E-state index is 0.586. The first-order chi connectivity index (χ1) is 4.86. The van der Waals surface area contributed by atoms with Crippen molar-refractivity contribution in [3.8, 4) is 0 Å². The minimum atomic E-state index is 0.586. The summed E-state index contributed by atoms with van der Waals surface area (Å²) in [5.74, 6) is 0. The van der Waals surface area contributed by atoms with E-state index in [9.17, 15) is 0 Å². The molecule has 0 amide bonds. The number of halogens is 1. The highest BCUT2D eigenvalue weighted by molar-refractivity contribution is 6.29. The van der Waals surface area contributed by atoms with E-state index >= 15 is 0 Å². The zero-order chi connectivity index (χ0) is 6.97. The topological polar surface area (TPSA) is 12.9 Å². The summed E-state index contributed by atoms with van der Waals surface area (Å²) in [5.41, 5.74) is 2.29. The summed E-state index contributed by atoms with van der Waals surface area (Å²) in [5, 5.41) is 0.586. The first kappa shape index (κ1) is 5.93. The summed E-state index contributed by atoms with van der Waals surface area (Å²) in [7, 11) is 0. The maximum atomic E-state index is 5.68. The summed E-state index contributed by atoms with van der Waals surface area (Å²) in [4.78, 5) is 4.16. The molecule has 0 spiro atoms. The van der Waals surface area contributed by atoms with Gasteiger partial charge in [0.05, 0.1) is 5.69 Å². The SMILES string of the molecule is Clc1ccc2c(n1)CC=C2. The Morgan fingerprint density at radius 3 is 3.20 bits per heavy atom. The molecule has 0 radical (unpaired) electrons.